The van der Waals surface area contributed by atoms with Crippen LogP contribution in [0.2, 0.25) is 0 Å². The number of hydrogen-bond acceptors (Lipinski definition) is 3. The summed E-state index contributed by atoms with van der Waals surface area (Å²) >= 11 is 0. The minimum atomic E-state index is -1.17. The van der Waals surface area contributed by atoms with Crippen LogP contribution in [0.1, 0.15) is 30.6 Å². The number of carboxylic acids is 1. The second kappa shape index (κ2) is 7.29. The highest BCUT2D eigenvalue weighted by Gasteiger charge is 2.28. The summed E-state index contributed by atoms with van der Waals surface area (Å²) in [6.07, 6.45) is 0.549. The van der Waals surface area contributed by atoms with Crippen molar-refractivity contribution < 1.29 is 23.9 Å². The van der Waals surface area contributed by atoms with Crippen molar-refractivity contribution >= 4 is 23.6 Å². The summed E-state index contributed by atoms with van der Waals surface area (Å²) in [5.74, 6) is -3.07. The van der Waals surface area contributed by atoms with Crippen molar-refractivity contribution in [1.29, 1.82) is 0 Å². The summed E-state index contributed by atoms with van der Waals surface area (Å²) in [4.78, 5) is 36.7. The molecule has 1 fully saturated rings. The van der Waals surface area contributed by atoms with Crippen molar-refractivity contribution in [3.05, 3.63) is 29.6 Å². The molecule has 1 aromatic carbocycles. The highest BCUT2D eigenvalue weighted by molar-refractivity contribution is 6.00. The number of aliphatic carboxylic acids is 1. The van der Waals surface area contributed by atoms with Gasteiger partial charge in [0.05, 0.1) is 5.56 Å². The van der Waals surface area contributed by atoms with E-state index in [0.717, 1.165) is 6.07 Å². The Morgan fingerprint density at radius 2 is 2.17 bits per heavy atom. The summed E-state index contributed by atoms with van der Waals surface area (Å²) in [6, 6.07) is 2.32. The van der Waals surface area contributed by atoms with E-state index in [2.05, 4.69) is 10.6 Å². The fourth-order valence-corrected chi connectivity index (χ4v) is 2.48. The summed E-state index contributed by atoms with van der Waals surface area (Å²) in [5, 5.41) is 14.2. The topological polar surface area (TPSA) is 98.7 Å². The molecular weight excluding hydrogens is 317 g/mol. The molecule has 1 aliphatic rings. The SMILES string of the molecule is CC[C@H](C)[C@H](NC(=O)c1cc(N2CCNC2=O)ccc1F)C(=O)O. The molecule has 24 heavy (non-hydrogen) atoms. The van der Waals surface area contributed by atoms with Crippen LogP contribution in [-0.2, 0) is 4.79 Å². The standard InChI is InChI=1S/C16H20FN3O4/c1-3-9(2)13(15(22)23)19-14(21)11-8-10(4-5-12(11)17)20-7-6-18-16(20)24/h4-5,8-9,13H,3,6-7H2,1-2H3,(H,18,24)(H,19,21)(H,22,23)/t9-,13-/m0/s1. The predicted molar refractivity (Wildman–Crippen MR) is 85.5 cm³/mol. The van der Waals surface area contributed by atoms with Gasteiger partial charge in [0.1, 0.15) is 11.9 Å². The lowest BCUT2D eigenvalue weighted by Crippen LogP contribution is -2.45. The number of rotatable bonds is 6. The molecule has 0 radical (unpaired) electrons. The van der Waals surface area contributed by atoms with E-state index in [9.17, 15) is 23.9 Å². The van der Waals surface area contributed by atoms with Crippen molar-refractivity contribution in [1.82, 2.24) is 10.6 Å². The molecule has 1 heterocycles. The number of benzene rings is 1. The largest absolute Gasteiger partial charge is 0.480 e. The molecule has 2 rings (SSSR count). The number of nitrogens with zero attached hydrogens (tertiary/aromatic N) is 1. The van der Waals surface area contributed by atoms with Crippen LogP contribution in [0.3, 0.4) is 0 Å². The molecule has 3 N–H and O–H groups in total. The summed E-state index contributed by atoms with van der Waals surface area (Å²) in [7, 11) is 0. The van der Waals surface area contributed by atoms with E-state index in [1.165, 1.54) is 17.0 Å². The van der Waals surface area contributed by atoms with Gasteiger partial charge in [-0.2, -0.15) is 0 Å². The molecular formula is C16H20FN3O4. The van der Waals surface area contributed by atoms with Crippen LogP contribution in [0, 0.1) is 11.7 Å². The molecule has 1 saturated heterocycles. The first-order valence-electron chi connectivity index (χ1n) is 7.73. The van der Waals surface area contributed by atoms with Gasteiger partial charge in [0.15, 0.2) is 0 Å². The van der Waals surface area contributed by atoms with E-state index in [0.29, 0.717) is 25.2 Å². The van der Waals surface area contributed by atoms with Gasteiger partial charge in [0.2, 0.25) is 0 Å². The third kappa shape index (κ3) is 3.64. The van der Waals surface area contributed by atoms with Crippen LogP contribution in [-0.4, -0.2) is 42.1 Å². The Morgan fingerprint density at radius 3 is 2.71 bits per heavy atom. The van der Waals surface area contributed by atoms with Gasteiger partial charge in [-0.1, -0.05) is 20.3 Å². The van der Waals surface area contributed by atoms with Gasteiger partial charge < -0.3 is 15.7 Å². The number of amides is 3. The fraction of sp³-hybridized carbons (Fsp3) is 0.438. The van der Waals surface area contributed by atoms with E-state index in [4.69, 9.17) is 0 Å². The molecule has 2 atom stereocenters. The molecule has 130 valence electrons. The smallest absolute Gasteiger partial charge is 0.326 e. The van der Waals surface area contributed by atoms with Crippen molar-refractivity contribution in [3.63, 3.8) is 0 Å². The number of nitrogens with one attached hydrogen (secondary N) is 2. The number of halogens is 1. The predicted octanol–water partition coefficient (Wildman–Crippen LogP) is 1.58. The van der Waals surface area contributed by atoms with E-state index in [1.54, 1.807) is 13.8 Å². The first-order chi connectivity index (χ1) is 11.3. The average Bonchev–Trinajstić information content (AvgIpc) is 2.98. The fourth-order valence-electron chi connectivity index (χ4n) is 2.48. The van der Waals surface area contributed by atoms with Crippen molar-refractivity contribution in [2.45, 2.75) is 26.3 Å². The van der Waals surface area contributed by atoms with Crippen molar-refractivity contribution in [3.8, 4) is 0 Å². The van der Waals surface area contributed by atoms with Gasteiger partial charge in [-0.05, 0) is 24.1 Å². The number of hydrogen-bond donors (Lipinski definition) is 3. The Morgan fingerprint density at radius 1 is 1.46 bits per heavy atom. The lowest BCUT2D eigenvalue weighted by molar-refractivity contribution is -0.140. The van der Waals surface area contributed by atoms with Gasteiger partial charge in [0, 0.05) is 18.8 Å². The summed E-state index contributed by atoms with van der Waals surface area (Å²) < 4.78 is 14.0. The van der Waals surface area contributed by atoms with Crippen LogP contribution in [0.15, 0.2) is 18.2 Å². The van der Waals surface area contributed by atoms with Gasteiger partial charge >= 0.3 is 12.0 Å². The normalized spacial score (nSPS) is 16.5. The number of carbonyl (C=O) groups is 3. The van der Waals surface area contributed by atoms with E-state index in [1.807, 2.05) is 0 Å². The number of carboxylic acid groups (broad SMARTS) is 1. The molecule has 0 unspecified atom stereocenters. The lowest BCUT2D eigenvalue weighted by atomic mass is 9.99. The number of carbonyl (C=O) groups excluding carboxylic acids is 2. The lowest BCUT2D eigenvalue weighted by Gasteiger charge is -2.21. The third-order valence-electron chi connectivity index (χ3n) is 4.13. The Hall–Kier alpha value is -2.64. The molecule has 3 amide bonds. The molecule has 0 bridgehead atoms. The Kier molecular flexibility index (Phi) is 5.38. The molecule has 1 aromatic rings. The maximum absolute atomic E-state index is 14.0. The maximum Gasteiger partial charge on any atom is 0.326 e. The Balaban J connectivity index is 2.25. The Bertz CT molecular complexity index is 665. The second-order valence-corrected chi connectivity index (χ2v) is 5.72. The van der Waals surface area contributed by atoms with Crippen LogP contribution < -0.4 is 15.5 Å². The minimum Gasteiger partial charge on any atom is -0.480 e. The molecule has 1 aliphatic heterocycles. The van der Waals surface area contributed by atoms with Gasteiger partial charge in [-0.15, -0.1) is 0 Å². The van der Waals surface area contributed by atoms with E-state index >= 15 is 0 Å². The van der Waals surface area contributed by atoms with Crippen LogP contribution in [0.25, 0.3) is 0 Å². The minimum absolute atomic E-state index is 0.290. The second-order valence-electron chi connectivity index (χ2n) is 5.72. The van der Waals surface area contributed by atoms with Crippen LogP contribution >= 0.6 is 0 Å². The first-order valence-corrected chi connectivity index (χ1v) is 7.73. The summed E-state index contributed by atoms with van der Waals surface area (Å²) in [6.45, 7) is 4.38. The van der Waals surface area contributed by atoms with E-state index in [-0.39, 0.29) is 17.5 Å². The zero-order valence-electron chi connectivity index (χ0n) is 13.5. The first kappa shape index (κ1) is 17.7. The molecule has 0 spiro atoms. The molecule has 0 aromatic heterocycles. The molecule has 0 saturated carbocycles. The van der Waals surface area contributed by atoms with Gasteiger partial charge in [-0.25, -0.2) is 14.0 Å². The maximum atomic E-state index is 14.0. The van der Waals surface area contributed by atoms with Gasteiger partial charge in [-0.3, -0.25) is 9.69 Å². The van der Waals surface area contributed by atoms with Crippen LogP contribution in [0.5, 0.6) is 0 Å². The van der Waals surface area contributed by atoms with Gasteiger partial charge in [0.25, 0.3) is 5.91 Å². The highest BCUT2D eigenvalue weighted by atomic mass is 19.1. The molecule has 8 heteroatoms. The van der Waals surface area contributed by atoms with Crippen molar-refractivity contribution in [2.75, 3.05) is 18.0 Å². The third-order valence-corrected chi connectivity index (χ3v) is 4.13. The monoisotopic (exact) mass is 337 g/mol. The highest BCUT2D eigenvalue weighted by Crippen LogP contribution is 2.21. The summed E-state index contributed by atoms with van der Waals surface area (Å²) in [5.41, 5.74) is 0.0914. The van der Waals surface area contributed by atoms with E-state index < -0.39 is 23.7 Å². The Labute approximate surface area is 138 Å². The quantitative estimate of drug-likeness (QED) is 0.734. The zero-order valence-corrected chi connectivity index (χ0v) is 13.5. The number of anilines is 1. The number of urea groups is 1. The van der Waals surface area contributed by atoms with Crippen LogP contribution in [0.4, 0.5) is 14.9 Å². The zero-order chi connectivity index (χ0) is 17.9. The molecule has 0 aliphatic carbocycles. The van der Waals surface area contributed by atoms with Crippen molar-refractivity contribution in [2.24, 2.45) is 5.92 Å². The average molecular weight is 337 g/mol. The molecule has 7 nitrogen and oxygen atoms in total.